The molecular formula is C16H21N3O. The van der Waals surface area contributed by atoms with Crippen molar-refractivity contribution in [3.05, 3.63) is 48.0 Å². The minimum absolute atomic E-state index is 0.0797. The number of fused-ring (bicyclic) bond motifs is 1. The number of aromatic nitrogens is 2. The normalized spacial score (nSPS) is 19.2. The van der Waals surface area contributed by atoms with E-state index in [0.29, 0.717) is 12.5 Å². The van der Waals surface area contributed by atoms with Crippen LogP contribution in [-0.2, 0) is 19.4 Å². The lowest BCUT2D eigenvalue weighted by atomic mass is 9.89. The van der Waals surface area contributed by atoms with Gasteiger partial charge in [0.2, 0.25) is 0 Å². The predicted molar refractivity (Wildman–Crippen MR) is 78.7 cm³/mol. The molecule has 2 unspecified atom stereocenters. The summed E-state index contributed by atoms with van der Waals surface area (Å²) in [6.07, 6.45) is 5.65. The van der Waals surface area contributed by atoms with E-state index in [2.05, 4.69) is 28.6 Å². The van der Waals surface area contributed by atoms with Crippen LogP contribution >= 0.6 is 0 Å². The largest absolute Gasteiger partial charge is 0.493 e. The highest BCUT2D eigenvalue weighted by molar-refractivity contribution is 5.35. The smallest absolute Gasteiger partial charge is 0.122 e. The topological polar surface area (TPSA) is 53.1 Å². The Morgan fingerprint density at radius 1 is 1.45 bits per heavy atom. The molecule has 0 aliphatic carbocycles. The van der Waals surface area contributed by atoms with Gasteiger partial charge >= 0.3 is 0 Å². The van der Waals surface area contributed by atoms with Crippen molar-refractivity contribution in [3.63, 3.8) is 0 Å². The van der Waals surface area contributed by atoms with Crippen LogP contribution in [0, 0.1) is 5.92 Å². The number of nitrogens with two attached hydrogens (primary N) is 1. The Balaban J connectivity index is 1.68. The minimum Gasteiger partial charge on any atom is -0.493 e. The van der Waals surface area contributed by atoms with Crippen LogP contribution in [0.2, 0.25) is 0 Å². The number of para-hydroxylation sites is 1. The summed E-state index contributed by atoms with van der Waals surface area (Å²) < 4.78 is 7.98. The van der Waals surface area contributed by atoms with Crippen LogP contribution in [0.3, 0.4) is 0 Å². The average Bonchev–Trinajstić information content (AvgIpc) is 2.94. The molecule has 0 fully saturated rings. The number of hydrogen-bond acceptors (Lipinski definition) is 3. The Morgan fingerprint density at radius 2 is 2.30 bits per heavy atom. The van der Waals surface area contributed by atoms with Gasteiger partial charge in [-0.1, -0.05) is 18.2 Å². The first-order valence-electron chi connectivity index (χ1n) is 7.24. The molecule has 0 saturated heterocycles. The monoisotopic (exact) mass is 271 g/mol. The molecule has 1 aromatic carbocycles. The molecule has 4 heteroatoms. The lowest BCUT2D eigenvalue weighted by Crippen LogP contribution is -2.39. The Hall–Kier alpha value is -1.81. The van der Waals surface area contributed by atoms with Crippen molar-refractivity contribution >= 4 is 0 Å². The maximum atomic E-state index is 6.39. The van der Waals surface area contributed by atoms with Crippen molar-refractivity contribution in [2.45, 2.75) is 32.4 Å². The Kier molecular flexibility index (Phi) is 3.74. The molecule has 2 heterocycles. The molecule has 1 aliphatic rings. The number of aryl methyl sites for hydroxylation is 1. The van der Waals surface area contributed by atoms with E-state index in [9.17, 15) is 0 Å². The van der Waals surface area contributed by atoms with Gasteiger partial charge in [0, 0.05) is 37.3 Å². The first kappa shape index (κ1) is 13.2. The number of nitrogens with zero attached hydrogens (tertiary/aromatic N) is 2. The highest BCUT2D eigenvalue weighted by Crippen LogP contribution is 2.28. The maximum Gasteiger partial charge on any atom is 0.122 e. The van der Waals surface area contributed by atoms with E-state index in [1.807, 2.05) is 24.5 Å². The van der Waals surface area contributed by atoms with Gasteiger partial charge in [-0.05, 0) is 25.0 Å². The van der Waals surface area contributed by atoms with E-state index in [4.69, 9.17) is 10.5 Å². The van der Waals surface area contributed by atoms with Gasteiger partial charge in [-0.3, -0.25) is 0 Å². The second-order valence-corrected chi connectivity index (χ2v) is 5.38. The second kappa shape index (κ2) is 5.67. The first-order chi connectivity index (χ1) is 9.78. The highest BCUT2D eigenvalue weighted by atomic mass is 16.5. The van der Waals surface area contributed by atoms with Crippen molar-refractivity contribution in [3.8, 4) is 5.75 Å². The fourth-order valence-electron chi connectivity index (χ4n) is 2.82. The third-order valence-corrected chi connectivity index (χ3v) is 4.07. The Bertz CT molecular complexity index is 579. The molecule has 0 bridgehead atoms. The van der Waals surface area contributed by atoms with Gasteiger partial charge < -0.3 is 15.0 Å². The summed E-state index contributed by atoms with van der Waals surface area (Å²) in [6.45, 7) is 3.76. The average molecular weight is 271 g/mol. The van der Waals surface area contributed by atoms with Gasteiger partial charge in [0.25, 0.3) is 0 Å². The molecule has 3 rings (SSSR count). The molecule has 2 N–H and O–H groups in total. The van der Waals surface area contributed by atoms with Crippen LogP contribution in [-0.4, -0.2) is 22.2 Å². The van der Waals surface area contributed by atoms with Gasteiger partial charge in [-0.25, -0.2) is 4.98 Å². The molecule has 20 heavy (non-hydrogen) atoms. The number of ether oxygens (including phenoxy) is 1. The zero-order chi connectivity index (χ0) is 13.9. The van der Waals surface area contributed by atoms with Gasteiger partial charge in [0.1, 0.15) is 11.6 Å². The van der Waals surface area contributed by atoms with Crippen LogP contribution in [0.15, 0.2) is 36.7 Å². The molecule has 0 spiro atoms. The van der Waals surface area contributed by atoms with Crippen LogP contribution in [0.4, 0.5) is 0 Å². The fraction of sp³-hybridized carbons (Fsp3) is 0.438. The minimum atomic E-state index is 0.0797. The molecule has 1 aromatic heterocycles. The van der Waals surface area contributed by atoms with Gasteiger partial charge in [-0.2, -0.15) is 0 Å². The summed E-state index contributed by atoms with van der Waals surface area (Å²) in [6, 6.07) is 8.30. The summed E-state index contributed by atoms with van der Waals surface area (Å²) >= 11 is 0. The van der Waals surface area contributed by atoms with Crippen molar-refractivity contribution in [1.82, 2.24) is 9.55 Å². The van der Waals surface area contributed by atoms with E-state index in [-0.39, 0.29) is 6.04 Å². The van der Waals surface area contributed by atoms with Gasteiger partial charge in [0.05, 0.1) is 6.61 Å². The number of hydrogen-bond donors (Lipinski definition) is 1. The predicted octanol–water partition coefficient (Wildman–Crippen LogP) is 2.02. The molecule has 2 atom stereocenters. The van der Waals surface area contributed by atoms with Crippen LogP contribution in [0.25, 0.3) is 0 Å². The highest BCUT2D eigenvalue weighted by Gasteiger charge is 2.26. The number of imidazole rings is 1. The van der Waals surface area contributed by atoms with E-state index < -0.39 is 0 Å². The van der Waals surface area contributed by atoms with Crippen LogP contribution in [0.1, 0.15) is 18.3 Å². The summed E-state index contributed by atoms with van der Waals surface area (Å²) in [7, 11) is 0. The van der Waals surface area contributed by atoms with E-state index in [0.717, 1.165) is 31.0 Å². The summed E-state index contributed by atoms with van der Waals surface area (Å²) in [4.78, 5) is 4.41. The molecule has 2 aromatic rings. The van der Waals surface area contributed by atoms with E-state index >= 15 is 0 Å². The maximum absolute atomic E-state index is 6.39. The number of benzene rings is 1. The molecule has 4 nitrogen and oxygen atoms in total. The molecule has 0 radical (unpaired) electrons. The standard InChI is InChI=1S/C16H21N3O/c1-2-19-8-7-18-16(19)10-14(17)13-9-12-5-3-4-6-15(12)20-11-13/h3-8,13-14H,2,9-11,17H2,1H3. The third kappa shape index (κ3) is 2.56. The fourth-order valence-corrected chi connectivity index (χ4v) is 2.82. The summed E-state index contributed by atoms with van der Waals surface area (Å²) in [5.41, 5.74) is 7.65. The van der Waals surface area contributed by atoms with Crippen LogP contribution in [0.5, 0.6) is 5.75 Å². The third-order valence-electron chi connectivity index (χ3n) is 4.07. The lowest BCUT2D eigenvalue weighted by molar-refractivity contribution is 0.197. The summed E-state index contributed by atoms with van der Waals surface area (Å²) in [5.74, 6) is 2.43. The Labute approximate surface area is 119 Å². The van der Waals surface area contributed by atoms with Crippen molar-refractivity contribution < 1.29 is 4.74 Å². The Morgan fingerprint density at radius 3 is 3.15 bits per heavy atom. The van der Waals surface area contributed by atoms with Gasteiger partial charge in [-0.15, -0.1) is 0 Å². The number of rotatable bonds is 4. The van der Waals surface area contributed by atoms with Crippen molar-refractivity contribution in [1.29, 1.82) is 0 Å². The SMILES string of the molecule is CCn1ccnc1CC(N)C1COc2ccccc2C1. The van der Waals surface area contributed by atoms with Gasteiger partial charge in [0.15, 0.2) is 0 Å². The van der Waals surface area contributed by atoms with Crippen molar-refractivity contribution in [2.24, 2.45) is 11.7 Å². The van der Waals surface area contributed by atoms with Crippen LogP contribution < -0.4 is 10.5 Å². The molecular weight excluding hydrogens is 250 g/mol. The van der Waals surface area contributed by atoms with E-state index in [1.165, 1.54) is 5.56 Å². The second-order valence-electron chi connectivity index (χ2n) is 5.38. The van der Waals surface area contributed by atoms with E-state index in [1.54, 1.807) is 0 Å². The quantitative estimate of drug-likeness (QED) is 0.925. The zero-order valence-corrected chi connectivity index (χ0v) is 11.8. The van der Waals surface area contributed by atoms with Crippen molar-refractivity contribution in [2.75, 3.05) is 6.61 Å². The first-order valence-corrected chi connectivity index (χ1v) is 7.24. The molecule has 1 aliphatic heterocycles. The lowest BCUT2D eigenvalue weighted by Gasteiger charge is -2.29. The molecule has 106 valence electrons. The molecule has 0 amide bonds. The summed E-state index contributed by atoms with van der Waals surface area (Å²) in [5, 5.41) is 0. The zero-order valence-electron chi connectivity index (χ0n) is 11.8. The molecule has 0 saturated carbocycles.